The molecule has 0 bridgehead atoms. The van der Waals surface area contributed by atoms with Crippen molar-refractivity contribution in [2.45, 2.75) is 32.1 Å². The van der Waals surface area contributed by atoms with Crippen molar-refractivity contribution in [1.29, 1.82) is 0 Å². The Morgan fingerprint density at radius 2 is 1.60 bits per heavy atom. The first-order valence-electron chi connectivity index (χ1n) is 13.5. The van der Waals surface area contributed by atoms with Gasteiger partial charge in [0.05, 0.1) is 17.0 Å². The van der Waals surface area contributed by atoms with E-state index in [0.29, 0.717) is 17.1 Å². The van der Waals surface area contributed by atoms with Gasteiger partial charge in [0.15, 0.2) is 5.65 Å². The lowest BCUT2D eigenvalue weighted by molar-refractivity contribution is -0.117. The maximum atomic E-state index is 13.4. The quantitative estimate of drug-likeness (QED) is 0.162. The number of carbonyl (C=O) groups excluding carboxylic acids is 1. The number of ether oxygens (including phenoxy) is 1. The Morgan fingerprint density at radius 1 is 0.905 bits per heavy atom. The Bertz CT molecular complexity index is 1820. The summed E-state index contributed by atoms with van der Waals surface area (Å²) in [4.78, 5) is 19.8. The molecule has 0 atom stereocenters. The number of likely N-dealkylation sites (N-methyl/N-ethyl adjacent to an activating group) is 1. The first kappa shape index (κ1) is 29.0. The summed E-state index contributed by atoms with van der Waals surface area (Å²) < 4.78 is 37.4. The third kappa shape index (κ3) is 6.35. The zero-order chi connectivity index (χ0) is 29.9. The van der Waals surface area contributed by atoms with Crippen LogP contribution in [0.4, 0.5) is 5.69 Å². The second kappa shape index (κ2) is 12.1. The summed E-state index contributed by atoms with van der Waals surface area (Å²) in [5, 5.41) is 4.83. The number of benzene rings is 3. The lowest BCUT2D eigenvalue weighted by Gasteiger charge is -2.17. The molecule has 0 radical (unpaired) electrons. The molecule has 5 rings (SSSR count). The summed E-state index contributed by atoms with van der Waals surface area (Å²) in [7, 11) is -2.10. The highest BCUT2D eigenvalue weighted by molar-refractivity contribution is 7.86. The average Bonchev–Trinajstić information content (AvgIpc) is 3.34. The number of aryl methyl sites for hydroxylation is 3. The van der Waals surface area contributed by atoms with Crippen LogP contribution in [0.15, 0.2) is 89.8 Å². The minimum Gasteiger partial charge on any atom is -0.491 e. The zero-order valence-electron chi connectivity index (χ0n) is 23.9. The van der Waals surface area contributed by atoms with Crippen molar-refractivity contribution in [2.75, 3.05) is 25.2 Å². The Kier molecular flexibility index (Phi) is 8.37. The molecule has 1 amide bonds. The van der Waals surface area contributed by atoms with Gasteiger partial charge in [-0.1, -0.05) is 35.9 Å². The van der Waals surface area contributed by atoms with Gasteiger partial charge in [0, 0.05) is 35.2 Å². The van der Waals surface area contributed by atoms with Crippen LogP contribution < -0.4 is 9.64 Å². The van der Waals surface area contributed by atoms with Gasteiger partial charge in [0.2, 0.25) is 5.91 Å². The number of hydrogen-bond acceptors (Lipinski definition) is 7. The van der Waals surface area contributed by atoms with E-state index < -0.39 is 10.1 Å². The van der Waals surface area contributed by atoms with Crippen molar-refractivity contribution in [3.8, 4) is 17.0 Å². The van der Waals surface area contributed by atoms with Gasteiger partial charge in [-0.25, -0.2) is 9.50 Å². The van der Waals surface area contributed by atoms with E-state index in [4.69, 9.17) is 19.0 Å². The molecule has 0 aliphatic carbocycles. The second-order valence-electron chi connectivity index (χ2n) is 10.0. The molecule has 0 aliphatic heterocycles. The van der Waals surface area contributed by atoms with Crippen molar-refractivity contribution in [2.24, 2.45) is 0 Å². The average molecular weight is 585 g/mol. The van der Waals surface area contributed by atoms with Crippen LogP contribution in [0.1, 0.15) is 22.5 Å². The van der Waals surface area contributed by atoms with Gasteiger partial charge >= 0.3 is 0 Å². The van der Waals surface area contributed by atoms with Crippen LogP contribution in [0.3, 0.4) is 0 Å². The van der Waals surface area contributed by atoms with E-state index in [2.05, 4.69) is 0 Å². The maximum Gasteiger partial charge on any atom is 0.297 e. The molecule has 216 valence electrons. The monoisotopic (exact) mass is 584 g/mol. The van der Waals surface area contributed by atoms with Crippen molar-refractivity contribution >= 4 is 27.4 Å². The van der Waals surface area contributed by atoms with E-state index >= 15 is 0 Å². The Hall–Kier alpha value is -4.54. The minimum atomic E-state index is -3.86. The van der Waals surface area contributed by atoms with Gasteiger partial charge in [-0.15, -0.1) is 0 Å². The van der Waals surface area contributed by atoms with Crippen molar-refractivity contribution < 1.29 is 22.1 Å². The number of carbonyl (C=O) groups is 1. The van der Waals surface area contributed by atoms with Gasteiger partial charge in [0.25, 0.3) is 10.1 Å². The van der Waals surface area contributed by atoms with Crippen LogP contribution in [0.2, 0.25) is 0 Å². The molecule has 3 aromatic carbocycles. The molecule has 5 aromatic rings. The number of nitrogens with zero attached hydrogens (tertiary/aromatic N) is 4. The molecule has 0 spiro atoms. The van der Waals surface area contributed by atoms with Gasteiger partial charge < -0.3 is 9.64 Å². The Balaban J connectivity index is 1.32. The first-order valence-corrected chi connectivity index (χ1v) is 14.9. The number of amides is 1. The van der Waals surface area contributed by atoms with Gasteiger partial charge in [-0.3, -0.25) is 8.98 Å². The number of anilines is 1. The van der Waals surface area contributed by atoms with E-state index in [1.54, 1.807) is 40.7 Å². The molecule has 9 nitrogen and oxygen atoms in total. The van der Waals surface area contributed by atoms with Crippen molar-refractivity contribution in [1.82, 2.24) is 14.6 Å². The molecule has 42 heavy (non-hydrogen) atoms. The first-order chi connectivity index (χ1) is 20.1. The summed E-state index contributed by atoms with van der Waals surface area (Å²) >= 11 is 0. The van der Waals surface area contributed by atoms with Crippen LogP contribution in [0, 0.1) is 20.8 Å². The maximum absolute atomic E-state index is 13.4. The largest absolute Gasteiger partial charge is 0.491 e. The van der Waals surface area contributed by atoms with E-state index in [1.807, 2.05) is 69.3 Å². The second-order valence-corrected chi connectivity index (χ2v) is 11.6. The molecule has 0 aliphatic rings. The highest BCUT2D eigenvalue weighted by Crippen LogP contribution is 2.29. The Labute approximate surface area is 245 Å². The summed E-state index contributed by atoms with van der Waals surface area (Å²) in [5.41, 5.74) is 6.35. The molecule has 0 saturated heterocycles. The number of fused-ring (bicyclic) bond motifs is 1. The van der Waals surface area contributed by atoms with Crippen LogP contribution >= 0.6 is 0 Å². The van der Waals surface area contributed by atoms with Crippen LogP contribution in [0.25, 0.3) is 16.9 Å². The standard InChI is InChI=1S/C32H32N4O5S/c1-22-10-16-28(17-11-22)42(38,39)41-19-18-40-27-14-12-25(13-15-27)31-29(32-33-23(2)20-24(3)36(32)34-31)21-30(37)35(4)26-8-6-5-7-9-26/h5-17,20H,18-19,21H2,1-4H3. The normalized spacial score (nSPS) is 11.5. The lowest BCUT2D eigenvalue weighted by Crippen LogP contribution is -2.28. The van der Waals surface area contributed by atoms with E-state index in [-0.39, 0.29) is 30.4 Å². The molecule has 0 saturated carbocycles. The fourth-order valence-corrected chi connectivity index (χ4v) is 5.50. The molecule has 0 fully saturated rings. The van der Waals surface area contributed by atoms with Crippen LogP contribution in [-0.4, -0.2) is 49.2 Å². The Morgan fingerprint density at radius 3 is 2.29 bits per heavy atom. The number of para-hydroxylation sites is 1. The van der Waals surface area contributed by atoms with Gasteiger partial charge in [-0.2, -0.15) is 13.5 Å². The number of hydrogen-bond donors (Lipinski definition) is 0. The lowest BCUT2D eigenvalue weighted by atomic mass is 10.0. The topological polar surface area (TPSA) is 103 Å². The van der Waals surface area contributed by atoms with Crippen molar-refractivity contribution in [3.63, 3.8) is 0 Å². The summed E-state index contributed by atoms with van der Waals surface area (Å²) in [6.45, 7) is 5.68. The fourth-order valence-electron chi connectivity index (χ4n) is 4.61. The van der Waals surface area contributed by atoms with E-state index in [1.165, 1.54) is 12.1 Å². The molecule has 0 N–H and O–H groups in total. The van der Waals surface area contributed by atoms with E-state index in [9.17, 15) is 13.2 Å². The van der Waals surface area contributed by atoms with E-state index in [0.717, 1.165) is 33.8 Å². The van der Waals surface area contributed by atoms with Crippen LogP contribution in [0.5, 0.6) is 5.75 Å². The van der Waals surface area contributed by atoms with Gasteiger partial charge in [0.1, 0.15) is 19.0 Å². The predicted molar refractivity (Wildman–Crippen MR) is 161 cm³/mol. The predicted octanol–water partition coefficient (Wildman–Crippen LogP) is 5.31. The minimum absolute atomic E-state index is 0.0484. The molecule has 2 heterocycles. The summed E-state index contributed by atoms with van der Waals surface area (Å²) in [5.74, 6) is 0.462. The summed E-state index contributed by atoms with van der Waals surface area (Å²) in [6, 6.07) is 25.2. The molecule has 0 unspecified atom stereocenters. The molecular weight excluding hydrogens is 552 g/mol. The van der Waals surface area contributed by atoms with Gasteiger partial charge in [-0.05, 0) is 75.4 Å². The third-order valence-electron chi connectivity index (χ3n) is 6.86. The van der Waals surface area contributed by atoms with Crippen LogP contribution in [-0.2, 0) is 25.5 Å². The molecule has 10 heteroatoms. The highest BCUT2D eigenvalue weighted by Gasteiger charge is 2.22. The zero-order valence-corrected chi connectivity index (χ0v) is 24.8. The SMILES string of the molecule is Cc1ccc(S(=O)(=O)OCCOc2ccc(-c3nn4c(C)cc(C)nc4c3CC(=O)N(C)c3ccccc3)cc2)cc1. The highest BCUT2D eigenvalue weighted by atomic mass is 32.2. The molecular formula is C32H32N4O5S. The summed E-state index contributed by atoms with van der Waals surface area (Å²) in [6.07, 6.45) is 0.116. The number of rotatable bonds is 10. The smallest absolute Gasteiger partial charge is 0.297 e. The number of aromatic nitrogens is 3. The van der Waals surface area contributed by atoms with Crippen molar-refractivity contribution in [3.05, 3.63) is 107 Å². The fraction of sp³-hybridized carbons (Fsp3) is 0.219. The molecule has 2 aromatic heterocycles. The third-order valence-corrected chi connectivity index (χ3v) is 8.19.